The van der Waals surface area contributed by atoms with Crippen LogP contribution in [0, 0.1) is 0 Å². The minimum atomic E-state index is -0.248. The molecule has 5 rings (SSSR count). The summed E-state index contributed by atoms with van der Waals surface area (Å²) in [4.78, 5) is 26.9. The predicted molar refractivity (Wildman–Crippen MR) is 131 cm³/mol. The van der Waals surface area contributed by atoms with E-state index < -0.39 is 0 Å². The fraction of sp³-hybridized carbons (Fsp3) is 0.120. The first-order valence-electron chi connectivity index (χ1n) is 10.4. The molecule has 1 fully saturated rings. The van der Waals surface area contributed by atoms with Gasteiger partial charge in [0.25, 0.3) is 5.91 Å². The van der Waals surface area contributed by atoms with E-state index in [0.717, 1.165) is 21.8 Å². The molecule has 1 N–H and O–H groups in total. The van der Waals surface area contributed by atoms with E-state index in [1.165, 1.54) is 11.3 Å². The predicted octanol–water partition coefficient (Wildman–Crippen LogP) is 5.63. The summed E-state index contributed by atoms with van der Waals surface area (Å²) in [6.45, 7) is 0.518. The number of nitrogens with zero attached hydrogens (tertiary/aromatic N) is 3. The van der Waals surface area contributed by atoms with Crippen molar-refractivity contribution >= 4 is 45.6 Å². The maximum atomic E-state index is 12.7. The van der Waals surface area contributed by atoms with Crippen molar-refractivity contribution < 1.29 is 9.59 Å². The Bertz CT molecular complexity index is 1290. The van der Waals surface area contributed by atoms with Crippen LogP contribution in [0.2, 0.25) is 5.02 Å². The summed E-state index contributed by atoms with van der Waals surface area (Å²) in [5.41, 5.74) is 3.48. The average molecular weight is 475 g/mol. The SMILES string of the molecule is O=C(Nc1nnc(C2CC(=O)N(c3ccc(Cl)cc3)C2)s1)c1ccc(-c2ccccc2)cc1. The Morgan fingerprint density at radius 2 is 1.64 bits per heavy atom. The number of hydrogen-bond acceptors (Lipinski definition) is 5. The van der Waals surface area contributed by atoms with Gasteiger partial charge < -0.3 is 4.90 Å². The quantitative estimate of drug-likeness (QED) is 0.406. The standard InChI is InChI=1S/C25H19ClN4O2S/c26-20-10-12-21(13-11-20)30-15-19(14-22(30)31)24-28-29-25(33-24)27-23(32)18-8-6-17(7-9-18)16-4-2-1-3-5-16/h1-13,19H,14-15H2,(H,27,29,32). The molecule has 0 bridgehead atoms. The Morgan fingerprint density at radius 3 is 2.36 bits per heavy atom. The Hall–Kier alpha value is -3.55. The first kappa shape index (κ1) is 21.3. The molecule has 0 saturated carbocycles. The fourth-order valence-corrected chi connectivity index (χ4v) is 4.76. The third-order valence-electron chi connectivity index (χ3n) is 5.53. The van der Waals surface area contributed by atoms with Crippen LogP contribution in [0.5, 0.6) is 0 Å². The third-order valence-corrected chi connectivity index (χ3v) is 6.78. The summed E-state index contributed by atoms with van der Waals surface area (Å²) < 4.78 is 0. The molecule has 33 heavy (non-hydrogen) atoms. The lowest BCUT2D eigenvalue weighted by Gasteiger charge is -2.16. The van der Waals surface area contributed by atoms with Gasteiger partial charge in [0.2, 0.25) is 11.0 Å². The first-order chi connectivity index (χ1) is 16.1. The van der Waals surface area contributed by atoms with Crippen molar-refractivity contribution in [3.8, 4) is 11.1 Å². The highest BCUT2D eigenvalue weighted by atomic mass is 35.5. The van der Waals surface area contributed by atoms with Gasteiger partial charge in [0.1, 0.15) is 5.01 Å². The van der Waals surface area contributed by atoms with Crippen molar-refractivity contribution in [2.24, 2.45) is 0 Å². The molecule has 1 aliphatic rings. The van der Waals surface area contributed by atoms with Gasteiger partial charge >= 0.3 is 0 Å². The second-order valence-electron chi connectivity index (χ2n) is 7.72. The van der Waals surface area contributed by atoms with Crippen molar-refractivity contribution in [2.75, 3.05) is 16.8 Å². The van der Waals surface area contributed by atoms with Gasteiger partial charge in [-0.05, 0) is 47.5 Å². The second kappa shape index (κ2) is 9.13. The number of carbonyl (C=O) groups excluding carboxylic acids is 2. The molecule has 0 aliphatic carbocycles. The monoisotopic (exact) mass is 474 g/mol. The van der Waals surface area contributed by atoms with Gasteiger partial charge in [0.05, 0.1) is 0 Å². The van der Waals surface area contributed by atoms with Crippen LogP contribution in [0.15, 0.2) is 78.9 Å². The number of hydrogen-bond donors (Lipinski definition) is 1. The van der Waals surface area contributed by atoms with Crippen LogP contribution >= 0.6 is 22.9 Å². The molecule has 2 heterocycles. The fourth-order valence-electron chi connectivity index (χ4n) is 3.81. The molecular formula is C25H19ClN4O2S. The van der Waals surface area contributed by atoms with Crippen LogP contribution in [0.25, 0.3) is 11.1 Å². The van der Waals surface area contributed by atoms with Crippen LogP contribution in [-0.4, -0.2) is 28.6 Å². The van der Waals surface area contributed by atoms with Crippen molar-refractivity contribution in [1.82, 2.24) is 10.2 Å². The molecule has 8 heteroatoms. The number of aromatic nitrogens is 2. The zero-order valence-electron chi connectivity index (χ0n) is 17.4. The van der Waals surface area contributed by atoms with E-state index in [9.17, 15) is 9.59 Å². The van der Waals surface area contributed by atoms with E-state index in [1.807, 2.05) is 54.6 Å². The van der Waals surface area contributed by atoms with E-state index in [1.54, 1.807) is 29.2 Å². The molecule has 3 aromatic carbocycles. The van der Waals surface area contributed by atoms with E-state index >= 15 is 0 Å². The molecule has 1 aliphatic heterocycles. The van der Waals surface area contributed by atoms with Crippen LogP contribution < -0.4 is 10.2 Å². The minimum Gasteiger partial charge on any atom is -0.312 e. The maximum Gasteiger partial charge on any atom is 0.257 e. The molecule has 6 nitrogen and oxygen atoms in total. The van der Waals surface area contributed by atoms with E-state index in [2.05, 4.69) is 15.5 Å². The second-order valence-corrected chi connectivity index (χ2v) is 9.17. The van der Waals surface area contributed by atoms with Gasteiger partial charge in [-0.2, -0.15) is 0 Å². The lowest BCUT2D eigenvalue weighted by atomic mass is 10.0. The molecule has 4 aromatic rings. The van der Waals surface area contributed by atoms with Crippen molar-refractivity contribution in [2.45, 2.75) is 12.3 Å². The number of nitrogens with one attached hydrogen (secondary N) is 1. The maximum absolute atomic E-state index is 12.7. The van der Waals surface area contributed by atoms with Gasteiger partial charge in [-0.3, -0.25) is 14.9 Å². The van der Waals surface area contributed by atoms with Crippen LogP contribution in [0.4, 0.5) is 10.8 Å². The molecular weight excluding hydrogens is 456 g/mol. The topological polar surface area (TPSA) is 75.2 Å². The highest BCUT2D eigenvalue weighted by molar-refractivity contribution is 7.15. The lowest BCUT2D eigenvalue weighted by Crippen LogP contribution is -2.24. The summed E-state index contributed by atoms with van der Waals surface area (Å²) in [5, 5.41) is 12.9. The van der Waals surface area contributed by atoms with Gasteiger partial charge in [0, 0.05) is 35.2 Å². The summed E-state index contributed by atoms with van der Waals surface area (Å²) in [5.74, 6) is -0.286. The molecule has 0 radical (unpaired) electrons. The third kappa shape index (κ3) is 4.65. The summed E-state index contributed by atoms with van der Waals surface area (Å²) in [7, 11) is 0. The van der Waals surface area contributed by atoms with E-state index in [-0.39, 0.29) is 17.7 Å². The molecule has 1 atom stereocenters. The number of rotatable bonds is 5. The number of halogens is 1. The highest BCUT2D eigenvalue weighted by Gasteiger charge is 2.34. The zero-order valence-corrected chi connectivity index (χ0v) is 19.0. The average Bonchev–Trinajstić information content (AvgIpc) is 3.47. The van der Waals surface area contributed by atoms with Gasteiger partial charge in [-0.25, -0.2) is 0 Å². The van der Waals surface area contributed by atoms with Crippen LogP contribution in [0.1, 0.15) is 27.7 Å². The zero-order chi connectivity index (χ0) is 22.8. The molecule has 2 amide bonds. The van der Waals surface area contributed by atoms with Crippen molar-refractivity contribution in [3.63, 3.8) is 0 Å². The molecule has 0 spiro atoms. The number of amides is 2. The van der Waals surface area contributed by atoms with Crippen molar-refractivity contribution in [3.05, 3.63) is 94.5 Å². The highest BCUT2D eigenvalue weighted by Crippen LogP contribution is 2.34. The lowest BCUT2D eigenvalue weighted by molar-refractivity contribution is -0.117. The smallest absolute Gasteiger partial charge is 0.257 e. The number of carbonyl (C=O) groups is 2. The largest absolute Gasteiger partial charge is 0.312 e. The van der Waals surface area contributed by atoms with Gasteiger partial charge in [0.15, 0.2) is 0 Å². The molecule has 1 unspecified atom stereocenters. The summed E-state index contributed by atoms with van der Waals surface area (Å²) >= 11 is 7.25. The minimum absolute atomic E-state index is 0.0293. The van der Waals surface area contributed by atoms with Gasteiger partial charge in [-0.15, -0.1) is 10.2 Å². The van der Waals surface area contributed by atoms with E-state index in [4.69, 9.17) is 11.6 Å². The summed E-state index contributed by atoms with van der Waals surface area (Å²) in [6.07, 6.45) is 0.353. The Labute approximate surface area is 199 Å². The Kier molecular flexibility index (Phi) is 5.90. The van der Waals surface area contributed by atoms with Crippen molar-refractivity contribution in [1.29, 1.82) is 0 Å². The van der Waals surface area contributed by atoms with E-state index in [0.29, 0.717) is 28.7 Å². The Balaban J connectivity index is 1.24. The number of benzene rings is 3. The normalized spacial score (nSPS) is 15.6. The first-order valence-corrected chi connectivity index (χ1v) is 11.6. The molecule has 164 valence electrons. The molecule has 1 aromatic heterocycles. The number of anilines is 2. The van der Waals surface area contributed by atoms with Crippen LogP contribution in [0.3, 0.4) is 0 Å². The summed E-state index contributed by atoms with van der Waals surface area (Å²) in [6, 6.07) is 24.6. The van der Waals surface area contributed by atoms with Gasteiger partial charge in [-0.1, -0.05) is 65.4 Å². The van der Waals surface area contributed by atoms with Crippen LogP contribution in [-0.2, 0) is 4.79 Å². The molecule has 1 saturated heterocycles. The Morgan fingerprint density at radius 1 is 0.939 bits per heavy atom.